The highest BCUT2D eigenvalue weighted by Crippen LogP contribution is 2.39. The summed E-state index contributed by atoms with van der Waals surface area (Å²) in [6.07, 6.45) is 0. The molecule has 0 atom stereocenters. The van der Waals surface area contributed by atoms with Crippen LogP contribution in [0.3, 0.4) is 0 Å². The topological polar surface area (TPSA) is 58.5 Å². The molecule has 6 heteroatoms. The number of amidine groups is 1. The van der Waals surface area contributed by atoms with Gasteiger partial charge in [-0.1, -0.05) is 41.9 Å². The summed E-state index contributed by atoms with van der Waals surface area (Å²) < 4.78 is 5.54. The van der Waals surface area contributed by atoms with E-state index in [1.807, 2.05) is 43.4 Å². The van der Waals surface area contributed by atoms with Gasteiger partial charge in [0.15, 0.2) is 0 Å². The first-order valence-electron chi connectivity index (χ1n) is 9.54. The second kappa shape index (κ2) is 8.13. The predicted octanol–water partition coefficient (Wildman–Crippen LogP) is 4.78. The molecule has 5 nitrogen and oxygen atoms in total. The average molecular weight is 407 g/mol. The van der Waals surface area contributed by atoms with E-state index in [0.29, 0.717) is 10.9 Å². The molecule has 0 saturated carbocycles. The van der Waals surface area contributed by atoms with E-state index in [1.165, 1.54) is 0 Å². The molecule has 2 heterocycles. The largest absolute Gasteiger partial charge is 0.480 e. The van der Waals surface area contributed by atoms with E-state index in [-0.39, 0.29) is 0 Å². The first kappa shape index (κ1) is 19.3. The van der Waals surface area contributed by atoms with Crippen molar-refractivity contribution in [2.45, 2.75) is 6.92 Å². The van der Waals surface area contributed by atoms with Gasteiger partial charge >= 0.3 is 0 Å². The highest BCUT2D eigenvalue weighted by atomic mass is 35.5. The van der Waals surface area contributed by atoms with Gasteiger partial charge in [-0.3, -0.25) is 4.99 Å². The van der Waals surface area contributed by atoms with Crippen molar-refractivity contribution in [2.24, 2.45) is 4.99 Å². The summed E-state index contributed by atoms with van der Waals surface area (Å²) in [6, 6.07) is 16.1. The molecular weight excluding hydrogens is 384 g/mol. The Morgan fingerprint density at radius 1 is 1.00 bits per heavy atom. The van der Waals surface area contributed by atoms with Gasteiger partial charge in [-0.25, -0.2) is 4.98 Å². The average Bonchev–Trinajstić information content (AvgIpc) is 3.28. The smallest absolute Gasteiger partial charge is 0.224 e. The fraction of sp³-hybridized carbons (Fsp3) is 0.217. The third-order valence-electron chi connectivity index (χ3n) is 5.15. The number of hydrogen-bond donors (Lipinski definition) is 2. The van der Waals surface area contributed by atoms with Crippen molar-refractivity contribution in [1.29, 1.82) is 0 Å². The fourth-order valence-corrected chi connectivity index (χ4v) is 3.97. The van der Waals surface area contributed by atoms with E-state index >= 15 is 0 Å². The Kier molecular flexibility index (Phi) is 5.41. The Labute approximate surface area is 175 Å². The van der Waals surface area contributed by atoms with Gasteiger partial charge < -0.3 is 15.4 Å². The fourth-order valence-electron chi connectivity index (χ4n) is 3.64. The van der Waals surface area contributed by atoms with E-state index < -0.39 is 0 Å². The third-order valence-corrected chi connectivity index (χ3v) is 5.56. The van der Waals surface area contributed by atoms with Crippen LogP contribution in [0.2, 0.25) is 5.02 Å². The SMILES string of the molecule is CNc1cccc(-c2cccc(-c3ccc(C4=NCCN4)c(OC)n3)c2Cl)c1C. The Morgan fingerprint density at radius 2 is 1.76 bits per heavy atom. The lowest BCUT2D eigenvalue weighted by Gasteiger charge is -2.15. The van der Waals surface area contributed by atoms with Crippen LogP contribution < -0.4 is 15.4 Å². The van der Waals surface area contributed by atoms with Crippen molar-refractivity contribution in [1.82, 2.24) is 10.3 Å². The number of hydrogen-bond acceptors (Lipinski definition) is 5. The lowest BCUT2D eigenvalue weighted by atomic mass is 9.96. The number of anilines is 1. The number of benzene rings is 2. The molecular formula is C23H23ClN4O. The summed E-state index contributed by atoms with van der Waals surface area (Å²) >= 11 is 6.87. The van der Waals surface area contributed by atoms with Crippen molar-refractivity contribution >= 4 is 23.1 Å². The Balaban J connectivity index is 1.80. The molecule has 148 valence electrons. The van der Waals surface area contributed by atoms with Gasteiger partial charge in [0.1, 0.15) is 5.84 Å². The number of nitrogens with zero attached hydrogens (tertiary/aromatic N) is 2. The molecule has 1 aromatic heterocycles. The number of rotatable bonds is 5. The molecule has 2 aromatic carbocycles. The second-order valence-electron chi connectivity index (χ2n) is 6.81. The molecule has 0 amide bonds. The molecule has 1 aliphatic heterocycles. The van der Waals surface area contributed by atoms with Gasteiger partial charge in [0.25, 0.3) is 0 Å². The van der Waals surface area contributed by atoms with Gasteiger partial charge in [-0.2, -0.15) is 0 Å². The van der Waals surface area contributed by atoms with Crippen LogP contribution in [0, 0.1) is 6.92 Å². The molecule has 0 bridgehead atoms. The van der Waals surface area contributed by atoms with Crippen LogP contribution in [0.15, 0.2) is 53.5 Å². The maximum atomic E-state index is 6.87. The molecule has 0 saturated heterocycles. The molecule has 29 heavy (non-hydrogen) atoms. The number of ether oxygens (including phenoxy) is 1. The van der Waals surface area contributed by atoms with Gasteiger partial charge in [-0.15, -0.1) is 0 Å². The second-order valence-corrected chi connectivity index (χ2v) is 7.18. The zero-order valence-electron chi connectivity index (χ0n) is 16.7. The third kappa shape index (κ3) is 3.54. The van der Waals surface area contributed by atoms with Crippen molar-refractivity contribution in [3.63, 3.8) is 0 Å². The normalized spacial score (nSPS) is 13.0. The Morgan fingerprint density at radius 3 is 2.48 bits per heavy atom. The van der Waals surface area contributed by atoms with E-state index in [0.717, 1.165) is 58.1 Å². The molecule has 2 N–H and O–H groups in total. The van der Waals surface area contributed by atoms with Crippen LogP contribution >= 0.6 is 11.6 Å². The summed E-state index contributed by atoms with van der Waals surface area (Å²) in [5.41, 5.74) is 6.79. The van der Waals surface area contributed by atoms with E-state index in [4.69, 9.17) is 21.3 Å². The molecule has 3 aromatic rings. The van der Waals surface area contributed by atoms with Crippen molar-refractivity contribution < 1.29 is 4.74 Å². The minimum Gasteiger partial charge on any atom is -0.480 e. The number of aromatic nitrogens is 1. The predicted molar refractivity (Wildman–Crippen MR) is 120 cm³/mol. The molecule has 1 aliphatic rings. The van der Waals surface area contributed by atoms with Crippen LogP contribution in [-0.4, -0.2) is 38.1 Å². The van der Waals surface area contributed by atoms with Crippen LogP contribution in [0.4, 0.5) is 5.69 Å². The molecule has 0 fully saturated rings. The lowest BCUT2D eigenvalue weighted by molar-refractivity contribution is 0.397. The van der Waals surface area contributed by atoms with Gasteiger partial charge in [-0.05, 0) is 36.2 Å². The first-order chi connectivity index (χ1) is 14.1. The van der Waals surface area contributed by atoms with Gasteiger partial charge in [0.05, 0.1) is 29.9 Å². The number of aliphatic imine (C=N–C) groups is 1. The first-order valence-corrected chi connectivity index (χ1v) is 9.92. The summed E-state index contributed by atoms with van der Waals surface area (Å²) in [5.74, 6) is 1.35. The Bertz CT molecular complexity index is 1090. The zero-order chi connectivity index (χ0) is 20.4. The van der Waals surface area contributed by atoms with Crippen molar-refractivity contribution in [3.8, 4) is 28.3 Å². The maximum Gasteiger partial charge on any atom is 0.224 e. The number of halogens is 1. The van der Waals surface area contributed by atoms with Gasteiger partial charge in [0, 0.05) is 30.4 Å². The van der Waals surface area contributed by atoms with E-state index in [1.54, 1.807) is 7.11 Å². The van der Waals surface area contributed by atoms with Crippen LogP contribution in [0.1, 0.15) is 11.1 Å². The summed E-state index contributed by atoms with van der Waals surface area (Å²) in [5, 5.41) is 7.16. The highest BCUT2D eigenvalue weighted by molar-refractivity contribution is 6.36. The summed E-state index contributed by atoms with van der Waals surface area (Å²) in [6.45, 7) is 3.69. The number of methoxy groups -OCH3 is 1. The van der Waals surface area contributed by atoms with Gasteiger partial charge in [0.2, 0.25) is 5.88 Å². The molecule has 0 unspecified atom stereocenters. The monoisotopic (exact) mass is 406 g/mol. The highest BCUT2D eigenvalue weighted by Gasteiger charge is 2.18. The van der Waals surface area contributed by atoms with Crippen LogP contribution in [-0.2, 0) is 0 Å². The molecule has 0 radical (unpaired) electrons. The minimum atomic E-state index is 0.533. The molecule has 4 rings (SSSR count). The molecule has 0 aliphatic carbocycles. The standard InChI is InChI=1S/C23H23ClN4O/c1-14-15(6-5-9-19(14)25-2)16-7-4-8-17(21(16)24)20-11-10-18(23(28-20)29-3)22-26-12-13-27-22/h4-11,25H,12-13H2,1-3H3,(H,26,27). The van der Waals surface area contributed by atoms with Crippen molar-refractivity contribution in [3.05, 3.63) is 64.7 Å². The van der Waals surface area contributed by atoms with Crippen LogP contribution in [0.5, 0.6) is 5.88 Å². The number of nitrogens with one attached hydrogen (secondary N) is 2. The lowest BCUT2D eigenvalue weighted by Crippen LogP contribution is -2.20. The minimum absolute atomic E-state index is 0.533. The zero-order valence-corrected chi connectivity index (χ0v) is 17.5. The summed E-state index contributed by atoms with van der Waals surface area (Å²) in [7, 11) is 3.54. The Hall–Kier alpha value is -3.05. The quantitative estimate of drug-likeness (QED) is 0.640. The van der Waals surface area contributed by atoms with Crippen LogP contribution in [0.25, 0.3) is 22.4 Å². The molecule has 0 spiro atoms. The van der Waals surface area contributed by atoms with Crippen molar-refractivity contribution in [2.75, 3.05) is 32.6 Å². The van der Waals surface area contributed by atoms with E-state index in [2.05, 4.69) is 34.7 Å². The summed E-state index contributed by atoms with van der Waals surface area (Å²) in [4.78, 5) is 9.19. The van der Waals surface area contributed by atoms with E-state index in [9.17, 15) is 0 Å². The maximum absolute atomic E-state index is 6.87. The number of pyridine rings is 1.